The second-order valence-corrected chi connectivity index (χ2v) is 8.43. The van der Waals surface area contributed by atoms with Gasteiger partial charge in [-0.2, -0.15) is 0 Å². The smallest absolute Gasteiger partial charge is 0.326 e. The summed E-state index contributed by atoms with van der Waals surface area (Å²) in [5.41, 5.74) is 5.41. The van der Waals surface area contributed by atoms with Gasteiger partial charge >= 0.3 is 5.97 Å². The van der Waals surface area contributed by atoms with Crippen LogP contribution in [0.3, 0.4) is 0 Å². The number of nitrogens with two attached hydrogens (primary N) is 1. The van der Waals surface area contributed by atoms with E-state index in [9.17, 15) is 9.59 Å². The summed E-state index contributed by atoms with van der Waals surface area (Å²) in [7, 11) is 0. The Balaban J connectivity index is 3.42. The van der Waals surface area contributed by atoms with Crippen LogP contribution in [0.15, 0.2) is 12.2 Å². The molecule has 0 bridgehead atoms. The highest BCUT2D eigenvalue weighted by atomic mass is 16.4. The van der Waals surface area contributed by atoms with Crippen LogP contribution >= 0.6 is 0 Å². The van der Waals surface area contributed by atoms with Crippen LogP contribution in [0, 0.1) is 0 Å². The van der Waals surface area contributed by atoms with Gasteiger partial charge in [-0.15, -0.1) is 0 Å². The topological polar surface area (TPSA) is 92.4 Å². The molecule has 0 rings (SSSR count). The number of aliphatic carboxylic acids is 1. The summed E-state index contributed by atoms with van der Waals surface area (Å²) in [4.78, 5) is 23.0. The number of carbonyl (C=O) groups excluding carboxylic acids is 1. The van der Waals surface area contributed by atoms with Crippen LogP contribution in [0.1, 0.15) is 122 Å². The van der Waals surface area contributed by atoms with Gasteiger partial charge in [-0.1, -0.05) is 83.3 Å². The third kappa shape index (κ3) is 19.9. The Bertz CT molecular complexity index is 438. The van der Waals surface area contributed by atoms with Crippen LogP contribution in [-0.4, -0.2) is 29.6 Å². The number of carboxylic acids is 1. The molecule has 0 heterocycles. The second-order valence-electron chi connectivity index (χ2n) is 8.43. The number of allylic oxidation sites excluding steroid dienone is 2. The molecule has 0 aliphatic heterocycles. The molecular weight excluding hydrogens is 376 g/mol. The Morgan fingerprint density at radius 1 is 0.800 bits per heavy atom. The van der Waals surface area contributed by atoms with E-state index in [-0.39, 0.29) is 5.91 Å². The first kappa shape index (κ1) is 28.6. The molecule has 0 radical (unpaired) electrons. The highest BCUT2D eigenvalue weighted by molar-refractivity contribution is 5.83. The van der Waals surface area contributed by atoms with Crippen molar-refractivity contribution in [1.29, 1.82) is 0 Å². The summed E-state index contributed by atoms with van der Waals surface area (Å²) in [5, 5.41) is 11.7. The van der Waals surface area contributed by atoms with Crippen LogP contribution in [0.25, 0.3) is 0 Å². The number of hydrogen-bond acceptors (Lipinski definition) is 3. The van der Waals surface area contributed by atoms with Crippen molar-refractivity contribution in [2.75, 3.05) is 6.54 Å². The molecule has 0 aromatic heterocycles. The molecule has 0 aliphatic rings. The van der Waals surface area contributed by atoms with Gasteiger partial charge in [0.05, 0.1) is 0 Å². The normalized spacial score (nSPS) is 12.3. The first-order valence-corrected chi connectivity index (χ1v) is 12.5. The summed E-state index contributed by atoms with van der Waals surface area (Å²) in [6, 6.07) is -0.805. The summed E-state index contributed by atoms with van der Waals surface area (Å²) in [5.74, 6) is -1.14. The van der Waals surface area contributed by atoms with Crippen molar-refractivity contribution in [1.82, 2.24) is 5.32 Å². The minimum atomic E-state index is -0.978. The maximum atomic E-state index is 11.9. The van der Waals surface area contributed by atoms with Crippen LogP contribution < -0.4 is 11.1 Å². The van der Waals surface area contributed by atoms with Crippen molar-refractivity contribution in [3.8, 4) is 0 Å². The molecule has 0 aliphatic carbocycles. The Labute approximate surface area is 185 Å². The molecule has 176 valence electrons. The average Bonchev–Trinajstić information content (AvgIpc) is 2.73. The van der Waals surface area contributed by atoms with E-state index in [0.717, 1.165) is 19.3 Å². The van der Waals surface area contributed by atoms with Gasteiger partial charge in [0.15, 0.2) is 0 Å². The molecule has 0 aromatic rings. The van der Waals surface area contributed by atoms with E-state index in [1.54, 1.807) is 0 Å². The predicted molar refractivity (Wildman–Crippen MR) is 127 cm³/mol. The summed E-state index contributed by atoms with van der Waals surface area (Å²) in [6.45, 7) is 2.70. The van der Waals surface area contributed by atoms with Crippen molar-refractivity contribution >= 4 is 11.9 Å². The molecule has 4 N–H and O–H groups in total. The summed E-state index contributed by atoms with van der Waals surface area (Å²) in [6.07, 6.45) is 24.8. The van der Waals surface area contributed by atoms with E-state index >= 15 is 0 Å². The molecule has 0 aromatic carbocycles. The quantitative estimate of drug-likeness (QED) is 0.144. The highest BCUT2D eigenvalue weighted by Gasteiger charge is 2.18. The van der Waals surface area contributed by atoms with Gasteiger partial charge in [-0.05, 0) is 51.5 Å². The van der Waals surface area contributed by atoms with Crippen LogP contribution in [0.4, 0.5) is 0 Å². The van der Waals surface area contributed by atoms with Crippen LogP contribution in [0.5, 0.6) is 0 Å². The lowest BCUT2D eigenvalue weighted by Crippen LogP contribution is -2.40. The van der Waals surface area contributed by atoms with Gasteiger partial charge in [0, 0.05) is 6.42 Å². The molecule has 0 spiro atoms. The summed E-state index contributed by atoms with van der Waals surface area (Å²) >= 11 is 0. The monoisotopic (exact) mass is 424 g/mol. The second kappa shape index (κ2) is 22.3. The maximum Gasteiger partial charge on any atom is 0.326 e. The maximum absolute atomic E-state index is 11.9. The lowest BCUT2D eigenvalue weighted by Gasteiger charge is -2.13. The van der Waals surface area contributed by atoms with Gasteiger partial charge in [-0.25, -0.2) is 4.79 Å². The molecule has 1 atom stereocenters. The lowest BCUT2D eigenvalue weighted by molar-refractivity contribution is -0.142. The Hall–Kier alpha value is -1.36. The number of nitrogens with one attached hydrogen (secondary N) is 1. The number of hydrogen-bond donors (Lipinski definition) is 3. The number of rotatable bonds is 22. The zero-order chi connectivity index (χ0) is 22.3. The van der Waals surface area contributed by atoms with Gasteiger partial charge < -0.3 is 16.2 Å². The predicted octanol–water partition coefficient (Wildman–Crippen LogP) is 6.11. The zero-order valence-corrected chi connectivity index (χ0v) is 19.5. The Morgan fingerprint density at radius 3 is 1.80 bits per heavy atom. The third-order valence-electron chi connectivity index (χ3n) is 5.50. The first-order chi connectivity index (χ1) is 14.6. The van der Waals surface area contributed by atoms with Crippen molar-refractivity contribution in [2.45, 2.75) is 129 Å². The molecule has 5 nitrogen and oxygen atoms in total. The fourth-order valence-corrected chi connectivity index (χ4v) is 3.56. The standard InChI is InChI=1S/C25H48N2O3/c1-2-3-4-5-6-7-8-9-10-11-12-13-14-15-16-17-18-21-24(28)27-23(25(29)30)20-19-22-26/h9-10,23H,2-8,11-22,26H2,1H3,(H,27,28)(H,29,30)/b10-9-/t23-/m0/s1. The minimum Gasteiger partial charge on any atom is -0.480 e. The van der Waals surface area contributed by atoms with Crippen molar-refractivity contribution in [2.24, 2.45) is 5.73 Å². The van der Waals surface area contributed by atoms with Crippen molar-refractivity contribution in [3.05, 3.63) is 12.2 Å². The molecule has 30 heavy (non-hydrogen) atoms. The molecule has 0 fully saturated rings. The molecule has 0 saturated carbocycles. The Morgan fingerprint density at radius 2 is 1.30 bits per heavy atom. The lowest BCUT2D eigenvalue weighted by atomic mass is 10.1. The largest absolute Gasteiger partial charge is 0.480 e. The number of carboxylic acid groups (broad SMARTS) is 1. The first-order valence-electron chi connectivity index (χ1n) is 12.5. The van der Waals surface area contributed by atoms with E-state index in [2.05, 4.69) is 24.4 Å². The molecule has 0 unspecified atom stereocenters. The Kier molecular flexibility index (Phi) is 21.3. The third-order valence-corrected chi connectivity index (χ3v) is 5.50. The molecular formula is C25H48N2O3. The number of unbranched alkanes of at least 4 members (excludes halogenated alkanes) is 13. The zero-order valence-electron chi connectivity index (χ0n) is 19.5. The van der Waals surface area contributed by atoms with Gasteiger partial charge in [0.1, 0.15) is 6.04 Å². The number of amides is 1. The fraction of sp³-hybridized carbons (Fsp3) is 0.840. The molecule has 1 amide bonds. The van der Waals surface area contributed by atoms with E-state index in [1.165, 1.54) is 77.0 Å². The summed E-state index contributed by atoms with van der Waals surface area (Å²) < 4.78 is 0. The van der Waals surface area contributed by atoms with Crippen molar-refractivity contribution < 1.29 is 14.7 Å². The van der Waals surface area contributed by atoms with E-state index in [0.29, 0.717) is 25.8 Å². The highest BCUT2D eigenvalue weighted by Crippen LogP contribution is 2.11. The van der Waals surface area contributed by atoms with Gasteiger partial charge in [0.2, 0.25) is 5.91 Å². The minimum absolute atomic E-state index is 0.160. The SMILES string of the molecule is CCCCCCCC/C=C\CCCCCCCCCC(=O)N[C@@H](CCCN)C(=O)O. The molecule has 5 heteroatoms. The molecule has 0 saturated heterocycles. The van der Waals surface area contributed by atoms with Crippen molar-refractivity contribution in [3.63, 3.8) is 0 Å². The van der Waals surface area contributed by atoms with Crippen LogP contribution in [0.2, 0.25) is 0 Å². The van der Waals surface area contributed by atoms with Gasteiger partial charge in [0.25, 0.3) is 0 Å². The average molecular weight is 425 g/mol. The van der Waals surface area contributed by atoms with E-state index < -0.39 is 12.0 Å². The van der Waals surface area contributed by atoms with Crippen LogP contribution in [-0.2, 0) is 9.59 Å². The van der Waals surface area contributed by atoms with Gasteiger partial charge in [-0.3, -0.25) is 4.79 Å². The number of carbonyl (C=O) groups is 2. The van der Waals surface area contributed by atoms with E-state index in [1.807, 2.05) is 0 Å². The van der Waals surface area contributed by atoms with E-state index in [4.69, 9.17) is 10.8 Å². The fourth-order valence-electron chi connectivity index (χ4n) is 3.56.